The van der Waals surface area contributed by atoms with Gasteiger partial charge in [-0.3, -0.25) is 0 Å². The fraction of sp³-hybridized carbons (Fsp3) is 0.647. The molecule has 0 radical (unpaired) electrons. The molecule has 0 heterocycles. The summed E-state index contributed by atoms with van der Waals surface area (Å²) < 4.78 is 39.2. The molecule has 0 aromatic heterocycles. The Morgan fingerprint density at radius 2 is 1.76 bits per heavy atom. The van der Waals surface area contributed by atoms with E-state index in [1.54, 1.807) is 0 Å². The van der Waals surface area contributed by atoms with Crippen molar-refractivity contribution in [2.75, 3.05) is 0 Å². The first kappa shape index (κ1) is 16.3. The Morgan fingerprint density at radius 1 is 1.10 bits per heavy atom. The lowest BCUT2D eigenvalue weighted by Crippen LogP contribution is -2.43. The molecule has 1 fully saturated rings. The number of rotatable bonds is 5. The highest BCUT2D eigenvalue weighted by atomic mass is 19.4. The van der Waals surface area contributed by atoms with Crippen molar-refractivity contribution in [1.29, 1.82) is 0 Å². The van der Waals surface area contributed by atoms with Crippen LogP contribution in [0.5, 0.6) is 0 Å². The monoisotopic (exact) mass is 299 g/mol. The van der Waals surface area contributed by atoms with Gasteiger partial charge in [0.15, 0.2) is 0 Å². The fourth-order valence-electron chi connectivity index (χ4n) is 3.48. The van der Waals surface area contributed by atoms with Gasteiger partial charge in [0.05, 0.1) is 5.92 Å². The van der Waals surface area contributed by atoms with Crippen molar-refractivity contribution in [3.8, 4) is 0 Å². The van der Waals surface area contributed by atoms with Crippen LogP contribution in [0.1, 0.15) is 44.1 Å². The van der Waals surface area contributed by atoms with E-state index in [0.29, 0.717) is 19.3 Å². The van der Waals surface area contributed by atoms with Crippen LogP contribution in [0.15, 0.2) is 30.3 Å². The summed E-state index contributed by atoms with van der Waals surface area (Å²) >= 11 is 0. The van der Waals surface area contributed by atoms with Gasteiger partial charge in [0.1, 0.15) is 0 Å². The standard InChI is InChI=1S/C17H24F3N/c18-17(19,20)15-11-5-4-10-14(15)16(21)12-6-9-13-7-2-1-3-8-13/h1-3,7-8,14-16H,4-6,9-12,21H2. The van der Waals surface area contributed by atoms with Gasteiger partial charge in [0.2, 0.25) is 0 Å². The third kappa shape index (κ3) is 4.73. The van der Waals surface area contributed by atoms with Crippen LogP contribution in [0, 0.1) is 11.8 Å². The second-order valence-electron chi connectivity index (χ2n) is 6.14. The van der Waals surface area contributed by atoms with Crippen LogP contribution in [-0.4, -0.2) is 12.2 Å². The maximum Gasteiger partial charge on any atom is 0.392 e. The maximum atomic E-state index is 13.1. The SMILES string of the molecule is NC(CCCc1ccccc1)C1CCCCC1C(F)(F)F. The lowest BCUT2D eigenvalue weighted by atomic mass is 9.74. The number of aryl methyl sites for hydroxylation is 1. The second kappa shape index (κ2) is 7.30. The highest BCUT2D eigenvalue weighted by Gasteiger charge is 2.46. The lowest BCUT2D eigenvalue weighted by Gasteiger charge is -2.36. The molecule has 3 unspecified atom stereocenters. The molecule has 1 aromatic rings. The first-order valence-corrected chi connectivity index (χ1v) is 7.84. The minimum Gasteiger partial charge on any atom is -0.327 e. The highest BCUT2D eigenvalue weighted by molar-refractivity contribution is 5.14. The molecule has 1 saturated carbocycles. The Hall–Kier alpha value is -1.03. The van der Waals surface area contributed by atoms with E-state index in [9.17, 15) is 13.2 Å². The van der Waals surface area contributed by atoms with E-state index >= 15 is 0 Å². The van der Waals surface area contributed by atoms with Crippen molar-refractivity contribution in [3.63, 3.8) is 0 Å². The molecular formula is C17H24F3N. The van der Waals surface area contributed by atoms with Crippen molar-refractivity contribution in [2.45, 2.75) is 57.2 Å². The lowest BCUT2D eigenvalue weighted by molar-refractivity contribution is -0.198. The average molecular weight is 299 g/mol. The second-order valence-corrected chi connectivity index (χ2v) is 6.14. The molecule has 3 atom stereocenters. The fourth-order valence-corrected chi connectivity index (χ4v) is 3.48. The molecule has 0 bridgehead atoms. The van der Waals surface area contributed by atoms with Crippen molar-refractivity contribution < 1.29 is 13.2 Å². The van der Waals surface area contributed by atoms with E-state index in [1.807, 2.05) is 30.3 Å². The van der Waals surface area contributed by atoms with E-state index in [2.05, 4.69) is 0 Å². The average Bonchev–Trinajstić information content (AvgIpc) is 2.47. The molecular weight excluding hydrogens is 275 g/mol. The Labute approximate surface area is 124 Å². The van der Waals surface area contributed by atoms with E-state index in [4.69, 9.17) is 5.73 Å². The Balaban J connectivity index is 1.85. The summed E-state index contributed by atoms with van der Waals surface area (Å²) in [6.45, 7) is 0. The van der Waals surface area contributed by atoms with Gasteiger partial charge in [-0.05, 0) is 43.6 Å². The number of alkyl halides is 3. The van der Waals surface area contributed by atoms with Crippen LogP contribution in [-0.2, 0) is 6.42 Å². The largest absolute Gasteiger partial charge is 0.392 e. The first-order chi connectivity index (χ1) is 9.98. The maximum absolute atomic E-state index is 13.1. The molecule has 2 rings (SSSR count). The number of hydrogen-bond donors (Lipinski definition) is 1. The van der Waals surface area contributed by atoms with Crippen molar-refractivity contribution in [2.24, 2.45) is 17.6 Å². The quantitative estimate of drug-likeness (QED) is 0.837. The summed E-state index contributed by atoms with van der Waals surface area (Å²) in [5.74, 6) is -1.59. The molecule has 1 nitrogen and oxygen atoms in total. The third-order valence-electron chi connectivity index (χ3n) is 4.64. The molecule has 1 aliphatic carbocycles. The molecule has 0 spiro atoms. The van der Waals surface area contributed by atoms with E-state index in [0.717, 1.165) is 19.3 Å². The Bertz CT molecular complexity index is 416. The van der Waals surface area contributed by atoms with Gasteiger partial charge in [0.25, 0.3) is 0 Å². The van der Waals surface area contributed by atoms with Crippen molar-refractivity contribution in [3.05, 3.63) is 35.9 Å². The summed E-state index contributed by atoms with van der Waals surface area (Å²) in [6.07, 6.45) is 0.747. The molecule has 0 aliphatic heterocycles. The number of halogens is 3. The minimum atomic E-state index is -4.10. The van der Waals surface area contributed by atoms with Gasteiger partial charge in [-0.2, -0.15) is 13.2 Å². The zero-order chi connectivity index (χ0) is 15.3. The van der Waals surface area contributed by atoms with Crippen LogP contribution in [0.4, 0.5) is 13.2 Å². The van der Waals surface area contributed by atoms with Gasteiger partial charge in [-0.1, -0.05) is 43.2 Å². The smallest absolute Gasteiger partial charge is 0.327 e. The Morgan fingerprint density at radius 3 is 2.43 bits per heavy atom. The van der Waals surface area contributed by atoms with E-state index < -0.39 is 18.0 Å². The van der Waals surface area contributed by atoms with Crippen molar-refractivity contribution >= 4 is 0 Å². The number of benzene rings is 1. The normalized spacial score (nSPS) is 24.8. The molecule has 0 amide bonds. The Kier molecular flexibility index (Phi) is 5.68. The van der Waals surface area contributed by atoms with E-state index in [1.165, 1.54) is 5.56 Å². The molecule has 1 aromatic carbocycles. The molecule has 1 aliphatic rings. The predicted molar refractivity (Wildman–Crippen MR) is 78.9 cm³/mol. The highest BCUT2D eigenvalue weighted by Crippen LogP contribution is 2.43. The van der Waals surface area contributed by atoms with Crippen LogP contribution < -0.4 is 5.73 Å². The van der Waals surface area contributed by atoms with Gasteiger partial charge < -0.3 is 5.73 Å². The van der Waals surface area contributed by atoms with Gasteiger partial charge in [-0.25, -0.2) is 0 Å². The van der Waals surface area contributed by atoms with E-state index in [-0.39, 0.29) is 12.5 Å². The summed E-state index contributed by atoms with van der Waals surface area (Å²) in [5, 5.41) is 0. The summed E-state index contributed by atoms with van der Waals surface area (Å²) in [6, 6.07) is 9.69. The van der Waals surface area contributed by atoms with Crippen LogP contribution in [0.3, 0.4) is 0 Å². The summed E-state index contributed by atoms with van der Waals surface area (Å²) in [7, 11) is 0. The predicted octanol–water partition coefficient (Wildman–Crippen LogP) is 4.71. The third-order valence-corrected chi connectivity index (χ3v) is 4.64. The molecule has 2 N–H and O–H groups in total. The number of nitrogens with two attached hydrogens (primary N) is 1. The van der Waals surface area contributed by atoms with Gasteiger partial charge in [-0.15, -0.1) is 0 Å². The van der Waals surface area contributed by atoms with Crippen molar-refractivity contribution in [1.82, 2.24) is 0 Å². The van der Waals surface area contributed by atoms with Crippen LogP contribution in [0.2, 0.25) is 0 Å². The van der Waals surface area contributed by atoms with Gasteiger partial charge >= 0.3 is 6.18 Å². The minimum absolute atomic E-state index is 0.251. The zero-order valence-corrected chi connectivity index (χ0v) is 12.3. The first-order valence-electron chi connectivity index (χ1n) is 7.84. The molecule has 21 heavy (non-hydrogen) atoms. The van der Waals surface area contributed by atoms with Gasteiger partial charge in [0, 0.05) is 6.04 Å². The summed E-state index contributed by atoms with van der Waals surface area (Å²) in [4.78, 5) is 0. The topological polar surface area (TPSA) is 26.0 Å². The van der Waals surface area contributed by atoms with Crippen LogP contribution >= 0.6 is 0 Å². The molecule has 118 valence electrons. The number of hydrogen-bond acceptors (Lipinski definition) is 1. The summed E-state index contributed by atoms with van der Waals surface area (Å²) in [5.41, 5.74) is 7.32. The molecule has 4 heteroatoms. The molecule has 0 saturated heterocycles. The van der Waals surface area contributed by atoms with Crippen LogP contribution in [0.25, 0.3) is 0 Å². The zero-order valence-electron chi connectivity index (χ0n) is 12.3.